The van der Waals surface area contributed by atoms with Crippen molar-refractivity contribution in [3.8, 4) is 61.7 Å². The molecule has 11 aromatic rings. The molecule has 0 unspecified atom stereocenters. The van der Waals surface area contributed by atoms with Crippen molar-refractivity contribution in [2.45, 2.75) is 13.8 Å². The minimum Gasteiger partial charge on any atom is -0.455 e. The molecule has 0 atom stereocenters. The summed E-state index contributed by atoms with van der Waals surface area (Å²) >= 11 is 0. The SMILES string of the molecule is Cc1ccccc1-c1ccc(-c2ccc3c(c2)c2c(-c4ccccc4)nc(-c4ccc(-c5cccc6c5oc5ccccc56)cc4)nc2n3-c2ccccc2)cc1C. The molecule has 0 radical (unpaired) electrons. The molecule has 0 aliphatic carbocycles. The molecule has 0 aliphatic heterocycles. The summed E-state index contributed by atoms with van der Waals surface area (Å²) in [6.07, 6.45) is 0. The summed E-state index contributed by atoms with van der Waals surface area (Å²) in [5.41, 5.74) is 17.2. The first-order valence-corrected chi connectivity index (χ1v) is 19.7. The van der Waals surface area contributed by atoms with E-state index < -0.39 is 0 Å². The van der Waals surface area contributed by atoms with Crippen LogP contribution in [-0.2, 0) is 0 Å². The molecule has 0 fully saturated rings. The van der Waals surface area contributed by atoms with Gasteiger partial charge in [0.1, 0.15) is 16.8 Å². The minimum absolute atomic E-state index is 0.669. The van der Waals surface area contributed by atoms with Gasteiger partial charge in [-0.1, -0.05) is 158 Å². The molecule has 58 heavy (non-hydrogen) atoms. The first kappa shape index (κ1) is 33.8. The van der Waals surface area contributed by atoms with Crippen LogP contribution < -0.4 is 0 Å². The molecule has 8 aromatic carbocycles. The van der Waals surface area contributed by atoms with Gasteiger partial charge in [0, 0.05) is 38.5 Å². The number of nitrogens with zero attached hydrogens (tertiary/aromatic N) is 3. The molecular formula is C54H37N3O. The second kappa shape index (κ2) is 13.6. The van der Waals surface area contributed by atoms with E-state index in [1.54, 1.807) is 0 Å². The predicted molar refractivity (Wildman–Crippen MR) is 240 cm³/mol. The molecule has 0 aliphatic rings. The highest BCUT2D eigenvalue weighted by Gasteiger charge is 2.22. The fourth-order valence-electron chi connectivity index (χ4n) is 8.65. The summed E-state index contributed by atoms with van der Waals surface area (Å²) in [4.78, 5) is 10.8. The maximum absolute atomic E-state index is 6.39. The number of hydrogen-bond acceptors (Lipinski definition) is 3. The number of furan rings is 1. The Bertz CT molecular complexity index is 3340. The second-order valence-electron chi connectivity index (χ2n) is 15.1. The number of rotatable bonds is 6. The number of para-hydroxylation sites is 3. The monoisotopic (exact) mass is 743 g/mol. The smallest absolute Gasteiger partial charge is 0.162 e. The lowest BCUT2D eigenvalue weighted by molar-refractivity contribution is 0.670. The zero-order valence-corrected chi connectivity index (χ0v) is 32.1. The maximum Gasteiger partial charge on any atom is 0.162 e. The van der Waals surface area contributed by atoms with Crippen LogP contribution in [0.15, 0.2) is 192 Å². The largest absolute Gasteiger partial charge is 0.455 e. The van der Waals surface area contributed by atoms with Crippen LogP contribution in [0.4, 0.5) is 0 Å². The highest BCUT2D eigenvalue weighted by Crippen LogP contribution is 2.41. The van der Waals surface area contributed by atoms with E-state index in [1.807, 2.05) is 12.1 Å². The number of aromatic nitrogens is 3. The van der Waals surface area contributed by atoms with E-state index in [0.717, 1.165) is 83.1 Å². The Morgan fingerprint density at radius 2 is 1.07 bits per heavy atom. The quantitative estimate of drug-likeness (QED) is 0.170. The molecule has 0 amide bonds. The third-order valence-electron chi connectivity index (χ3n) is 11.5. The Hall–Kier alpha value is -7.56. The topological polar surface area (TPSA) is 43.9 Å². The summed E-state index contributed by atoms with van der Waals surface area (Å²) in [5, 5.41) is 4.37. The molecule has 4 heteroatoms. The predicted octanol–water partition coefficient (Wildman–Crippen LogP) is 14.4. The van der Waals surface area contributed by atoms with Crippen molar-refractivity contribution in [2.75, 3.05) is 0 Å². The Morgan fingerprint density at radius 1 is 0.431 bits per heavy atom. The summed E-state index contributed by atoms with van der Waals surface area (Å²) in [6.45, 7) is 4.38. The van der Waals surface area contributed by atoms with Gasteiger partial charge < -0.3 is 4.42 Å². The van der Waals surface area contributed by atoms with E-state index in [-0.39, 0.29) is 0 Å². The van der Waals surface area contributed by atoms with Gasteiger partial charge in [-0.3, -0.25) is 4.57 Å². The van der Waals surface area contributed by atoms with Crippen LogP contribution in [0.5, 0.6) is 0 Å². The van der Waals surface area contributed by atoms with E-state index in [4.69, 9.17) is 14.4 Å². The van der Waals surface area contributed by atoms with Gasteiger partial charge in [0.05, 0.1) is 16.6 Å². The molecule has 0 N–H and O–H groups in total. The highest BCUT2D eigenvalue weighted by molar-refractivity contribution is 6.15. The van der Waals surface area contributed by atoms with Gasteiger partial charge in [0.2, 0.25) is 0 Å². The lowest BCUT2D eigenvalue weighted by Crippen LogP contribution is -1.99. The van der Waals surface area contributed by atoms with Crippen molar-refractivity contribution in [3.05, 3.63) is 199 Å². The average Bonchev–Trinajstić information content (AvgIpc) is 3.83. The van der Waals surface area contributed by atoms with Gasteiger partial charge in [-0.2, -0.15) is 0 Å². The molecule has 0 saturated carbocycles. The van der Waals surface area contributed by atoms with E-state index in [0.29, 0.717) is 5.82 Å². The Kier molecular flexibility index (Phi) is 7.90. The van der Waals surface area contributed by atoms with E-state index in [2.05, 4.69) is 194 Å². The van der Waals surface area contributed by atoms with Crippen molar-refractivity contribution in [1.82, 2.24) is 14.5 Å². The fourth-order valence-corrected chi connectivity index (χ4v) is 8.65. The third-order valence-corrected chi connectivity index (χ3v) is 11.5. The first-order chi connectivity index (χ1) is 28.6. The average molecular weight is 744 g/mol. The van der Waals surface area contributed by atoms with Gasteiger partial charge in [0.15, 0.2) is 5.82 Å². The maximum atomic E-state index is 6.39. The number of aryl methyl sites for hydroxylation is 2. The van der Waals surface area contributed by atoms with Crippen LogP contribution >= 0.6 is 0 Å². The Balaban J connectivity index is 1.10. The normalized spacial score (nSPS) is 11.6. The molecule has 4 nitrogen and oxygen atoms in total. The van der Waals surface area contributed by atoms with Crippen molar-refractivity contribution < 1.29 is 4.42 Å². The summed E-state index contributed by atoms with van der Waals surface area (Å²) < 4.78 is 8.68. The molecule has 3 aromatic heterocycles. The zero-order valence-electron chi connectivity index (χ0n) is 32.1. The summed E-state index contributed by atoms with van der Waals surface area (Å²) in [5.74, 6) is 0.669. The molecule has 0 spiro atoms. The van der Waals surface area contributed by atoms with Gasteiger partial charge in [-0.25, -0.2) is 9.97 Å². The van der Waals surface area contributed by atoms with E-state index >= 15 is 0 Å². The van der Waals surface area contributed by atoms with Crippen LogP contribution in [-0.4, -0.2) is 14.5 Å². The summed E-state index contributed by atoms with van der Waals surface area (Å²) in [7, 11) is 0. The van der Waals surface area contributed by atoms with Gasteiger partial charge >= 0.3 is 0 Å². The van der Waals surface area contributed by atoms with E-state index in [1.165, 1.54) is 27.8 Å². The molecule has 3 heterocycles. The zero-order chi connectivity index (χ0) is 38.7. The van der Waals surface area contributed by atoms with Gasteiger partial charge in [-0.15, -0.1) is 0 Å². The third kappa shape index (κ3) is 5.53. The second-order valence-corrected chi connectivity index (χ2v) is 15.1. The highest BCUT2D eigenvalue weighted by atomic mass is 16.3. The van der Waals surface area contributed by atoms with Gasteiger partial charge in [-0.05, 0) is 83.1 Å². The molecule has 274 valence electrons. The van der Waals surface area contributed by atoms with Crippen molar-refractivity contribution >= 4 is 43.9 Å². The molecule has 0 bridgehead atoms. The Morgan fingerprint density at radius 3 is 1.88 bits per heavy atom. The lowest BCUT2D eigenvalue weighted by Gasteiger charge is -2.12. The van der Waals surface area contributed by atoms with Crippen LogP contribution in [0, 0.1) is 13.8 Å². The van der Waals surface area contributed by atoms with E-state index in [9.17, 15) is 0 Å². The molecule has 11 rings (SSSR count). The number of fused-ring (bicyclic) bond motifs is 6. The number of benzene rings is 8. The van der Waals surface area contributed by atoms with Gasteiger partial charge in [0.25, 0.3) is 0 Å². The van der Waals surface area contributed by atoms with Crippen LogP contribution in [0.25, 0.3) is 106 Å². The van der Waals surface area contributed by atoms with Crippen LogP contribution in [0.2, 0.25) is 0 Å². The number of hydrogen-bond donors (Lipinski definition) is 0. The van der Waals surface area contributed by atoms with Crippen LogP contribution in [0.1, 0.15) is 11.1 Å². The molecule has 0 saturated heterocycles. The van der Waals surface area contributed by atoms with Crippen molar-refractivity contribution in [2.24, 2.45) is 0 Å². The fraction of sp³-hybridized carbons (Fsp3) is 0.0370. The Labute approximate surface area is 336 Å². The first-order valence-electron chi connectivity index (χ1n) is 19.7. The molecular weight excluding hydrogens is 707 g/mol. The lowest BCUT2D eigenvalue weighted by atomic mass is 9.93. The minimum atomic E-state index is 0.669. The van der Waals surface area contributed by atoms with Crippen molar-refractivity contribution in [1.29, 1.82) is 0 Å². The standard InChI is InChI=1S/C54H37N3O/c1-34-14-9-10-19-42(34)43-30-28-39(32-35(43)2)40-29-31-48-47(33-40)50-51(37-15-5-3-6-16-37)55-53(56-54(50)57(48)41-17-7-4-8-18-41)38-26-24-36(25-27-38)44-21-13-22-46-45-20-11-12-23-49(45)58-52(44)46/h3-33H,1-2H3. The van der Waals surface area contributed by atoms with Crippen molar-refractivity contribution in [3.63, 3.8) is 0 Å². The summed E-state index contributed by atoms with van der Waals surface area (Å²) in [6, 6.07) is 66.4. The van der Waals surface area contributed by atoms with Crippen LogP contribution in [0.3, 0.4) is 0 Å².